The first-order valence-corrected chi connectivity index (χ1v) is 12.0. The van der Waals surface area contributed by atoms with Crippen LogP contribution in [0.15, 0.2) is 91.0 Å². The van der Waals surface area contributed by atoms with Crippen LogP contribution in [0.4, 0.5) is 13.2 Å². The largest absolute Gasteiger partial charge is 0.370 e. The molecule has 0 saturated carbocycles. The van der Waals surface area contributed by atoms with Crippen molar-refractivity contribution in [3.8, 4) is 0 Å². The monoisotopic (exact) mass is 484 g/mol. The van der Waals surface area contributed by atoms with Gasteiger partial charge in [-0.2, -0.15) is 8.78 Å². The van der Waals surface area contributed by atoms with Crippen LogP contribution in [0, 0.1) is 5.92 Å². The summed E-state index contributed by atoms with van der Waals surface area (Å²) in [6.45, 7) is 3.72. The van der Waals surface area contributed by atoms with E-state index in [0.717, 1.165) is 11.1 Å². The van der Waals surface area contributed by atoms with E-state index in [1.165, 1.54) is 24.3 Å². The van der Waals surface area contributed by atoms with Crippen molar-refractivity contribution >= 4 is 0 Å². The first kappa shape index (κ1) is 25.4. The fourth-order valence-corrected chi connectivity index (χ4v) is 4.61. The van der Waals surface area contributed by atoms with E-state index in [-0.39, 0.29) is 19.1 Å². The molecule has 5 atom stereocenters. The first-order valence-electron chi connectivity index (χ1n) is 12.0. The lowest BCUT2D eigenvalue weighted by Gasteiger charge is -2.50. The van der Waals surface area contributed by atoms with Crippen LogP contribution in [-0.2, 0) is 33.3 Å². The third-order valence-corrected chi connectivity index (χ3v) is 6.62. The molecule has 1 heterocycles. The quantitative estimate of drug-likeness (QED) is 0.325. The zero-order chi connectivity index (χ0) is 24.9. The molecule has 3 nitrogen and oxygen atoms in total. The van der Waals surface area contributed by atoms with Gasteiger partial charge in [0.1, 0.15) is 6.10 Å². The van der Waals surface area contributed by atoms with Gasteiger partial charge < -0.3 is 14.2 Å². The third-order valence-electron chi connectivity index (χ3n) is 6.62. The highest BCUT2D eigenvalue weighted by Gasteiger charge is 2.68. The second-order valence-corrected chi connectivity index (χ2v) is 8.99. The molecule has 0 aliphatic carbocycles. The van der Waals surface area contributed by atoms with Crippen LogP contribution in [-0.4, -0.2) is 24.2 Å². The SMILES string of the molecule is CC[C@H]1OC(F)(C(F)(F)c2ccccc2)[C@H](OCc2ccccc2)[C@@H](OCc2ccccc2)[C@@H]1C. The van der Waals surface area contributed by atoms with Crippen LogP contribution in [0.3, 0.4) is 0 Å². The van der Waals surface area contributed by atoms with Gasteiger partial charge in [-0.15, -0.1) is 0 Å². The van der Waals surface area contributed by atoms with Gasteiger partial charge >= 0.3 is 11.8 Å². The maximum atomic E-state index is 16.8. The standard InChI is InChI=1S/C29H31F3O3/c1-3-25-21(2)26(33-19-22-13-7-4-8-14-22)27(34-20-23-15-9-5-10-16-23)29(32,35-25)28(30,31)24-17-11-6-12-18-24/h4-18,21,25-27H,3,19-20H2,1-2H3/t21-,25-,26+,27-,29?/m1/s1. The van der Waals surface area contributed by atoms with Gasteiger partial charge in [-0.25, -0.2) is 4.39 Å². The Hall–Kier alpha value is -2.67. The summed E-state index contributed by atoms with van der Waals surface area (Å²) in [5.41, 5.74) is 1.13. The highest BCUT2D eigenvalue weighted by molar-refractivity contribution is 5.25. The predicted octanol–water partition coefficient (Wildman–Crippen LogP) is 7.06. The van der Waals surface area contributed by atoms with E-state index < -0.39 is 35.7 Å². The van der Waals surface area contributed by atoms with Crippen LogP contribution in [0.2, 0.25) is 0 Å². The van der Waals surface area contributed by atoms with Crippen molar-refractivity contribution in [2.24, 2.45) is 5.92 Å². The second-order valence-electron chi connectivity index (χ2n) is 8.99. The Balaban J connectivity index is 1.72. The molecule has 1 fully saturated rings. The lowest BCUT2D eigenvalue weighted by atomic mass is 9.81. The van der Waals surface area contributed by atoms with Crippen LogP contribution in [0.5, 0.6) is 0 Å². The topological polar surface area (TPSA) is 27.7 Å². The average molecular weight is 485 g/mol. The number of ether oxygens (including phenoxy) is 3. The van der Waals surface area contributed by atoms with Crippen LogP contribution >= 0.6 is 0 Å². The Morgan fingerprint density at radius 3 is 1.80 bits per heavy atom. The molecule has 0 N–H and O–H groups in total. The molecule has 3 aromatic rings. The molecule has 1 saturated heterocycles. The number of alkyl halides is 3. The van der Waals surface area contributed by atoms with E-state index in [1.807, 2.05) is 55.5 Å². The van der Waals surface area contributed by atoms with Crippen molar-refractivity contribution in [1.82, 2.24) is 0 Å². The second kappa shape index (κ2) is 10.9. The van der Waals surface area contributed by atoms with E-state index in [4.69, 9.17) is 14.2 Å². The highest BCUT2D eigenvalue weighted by atomic mass is 19.3. The maximum absolute atomic E-state index is 16.8. The smallest absolute Gasteiger partial charge is 0.333 e. The average Bonchev–Trinajstić information content (AvgIpc) is 2.89. The van der Waals surface area contributed by atoms with E-state index in [9.17, 15) is 0 Å². The minimum absolute atomic E-state index is 0.0554. The summed E-state index contributed by atoms with van der Waals surface area (Å²) in [4.78, 5) is 0. The third kappa shape index (κ3) is 5.30. The van der Waals surface area contributed by atoms with Gasteiger partial charge in [-0.05, 0) is 17.5 Å². The molecule has 6 heteroatoms. The molecule has 0 spiro atoms. The molecule has 0 aromatic heterocycles. The highest BCUT2D eigenvalue weighted by Crippen LogP contribution is 2.52. The summed E-state index contributed by atoms with van der Waals surface area (Å²) in [5.74, 6) is -7.78. The molecular weight excluding hydrogens is 453 g/mol. The Morgan fingerprint density at radius 2 is 1.29 bits per heavy atom. The molecule has 0 radical (unpaired) electrons. The van der Waals surface area contributed by atoms with Crippen molar-refractivity contribution < 1.29 is 27.4 Å². The normalized spacial score (nSPS) is 27.0. The van der Waals surface area contributed by atoms with Crippen LogP contribution in [0.25, 0.3) is 0 Å². The molecule has 1 aliphatic heterocycles. The van der Waals surface area contributed by atoms with Gasteiger partial charge in [0.15, 0.2) is 0 Å². The molecule has 1 aliphatic rings. The maximum Gasteiger partial charge on any atom is 0.333 e. The summed E-state index contributed by atoms with van der Waals surface area (Å²) in [7, 11) is 0. The van der Waals surface area contributed by atoms with Crippen LogP contribution in [0.1, 0.15) is 37.0 Å². The molecule has 0 amide bonds. The van der Waals surface area contributed by atoms with Crippen LogP contribution < -0.4 is 0 Å². The molecule has 4 rings (SSSR count). The van der Waals surface area contributed by atoms with Gasteiger partial charge in [-0.3, -0.25) is 0 Å². The number of hydrogen-bond donors (Lipinski definition) is 0. The molecule has 3 aromatic carbocycles. The van der Waals surface area contributed by atoms with E-state index >= 15 is 13.2 Å². The fourth-order valence-electron chi connectivity index (χ4n) is 4.61. The zero-order valence-electron chi connectivity index (χ0n) is 19.9. The zero-order valence-corrected chi connectivity index (χ0v) is 19.9. The van der Waals surface area contributed by atoms with E-state index in [1.54, 1.807) is 25.1 Å². The lowest BCUT2D eigenvalue weighted by Crippen LogP contribution is -2.66. The van der Waals surface area contributed by atoms with Gasteiger partial charge in [0.2, 0.25) is 0 Å². The number of benzene rings is 3. The van der Waals surface area contributed by atoms with Gasteiger partial charge in [0, 0.05) is 11.5 Å². The Bertz CT molecular complexity index is 1050. The summed E-state index contributed by atoms with van der Waals surface area (Å²) in [6.07, 6.45) is -3.04. The summed E-state index contributed by atoms with van der Waals surface area (Å²) in [6, 6.07) is 25.4. The number of halogens is 3. The van der Waals surface area contributed by atoms with Crippen molar-refractivity contribution in [1.29, 1.82) is 0 Å². The Morgan fingerprint density at radius 1 is 0.800 bits per heavy atom. The fraction of sp³-hybridized carbons (Fsp3) is 0.379. The summed E-state index contributed by atoms with van der Waals surface area (Å²) in [5, 5.41) is 0. The predicted molar refractivity (Wildman–Crippen MR) is 129 cm³/mol. The van der Waals surface area contributed by atoms with Gasteiger partial charge in [0.25, 0.3) is 0 Å². The summed E-state index contributed by atoms with van der Waals surface area (Å²) >= 11 is 0. The van der Waals surface area contributed by atoms with Gasteiger partial charge in [-0.1, -0.05) is 105 Å². The Labute approximate surface area is 204 Å². The van der Waals surface area contributed by atoms with Crippen molar-refractivity contribution in [3.63, 3.8) is 0 Å². The molecular formula is C29H31F3O3. The van der Waals surface area contributed by atoms with Crippen molar-refractivity contribution in [2.75, 3.05) is 0 Å². The minimum Gasteiger partial charge on any atom is -0.370 e. The lowest BCUT2D eigenvalue weighted by molar-refractivity contribution is -0.390. The number of rotatable bonds is 9. The minimum atomic E-state index is -3.97. The van der Waals surface area contributed by atoms with Crippen molar-refractivity contribution in [3.05, 3.63) is 108 Å². The van der Waals surface area contributed by atoms with Gasteiger partial charge in [0.05, 0.1) is 25.4 Å². The molecule has 0 bridgehead atoms. The number of hydrogen-bond acceptors (Lipinski definition) is 3. The molecule has 35 heavy (non-hydrogen) atoms. The summed E-state index contributed by atoms with van der Waals surface area (Å²) < 4.78 is 66.4. The van der Waals surface area contributed by atoms with E-state index in [2.05, 4.69) is 0 Å². The molecule has 186 valence electrons. The van der Waals surface area contributed by atoms with E-state index in [0.29, 0.717) is 6.42 Å². The van der Waals surface area contributed by atoms with Crippen molar-refractivity contribution in [2.45, 2.75) is 63.6 Å². The molecule has 1 unspecified atom stereocenters. The first-order chi connectivity index (χ1) is 16.9. The Kier molecular flexibility index (Phi) is 7.95.